The summed E-state index contributed by atoms with van der Waals surface area (Å²) in [7, 11) is 0. The minimum Gasteiger partial charge on any atom is -0.481 e. The predicted octanol–water partition coefficient (Wildman–Crippen LogP) is 2.15. The standard InChI is InChI=1S/C11H18O4/c1-6(2)10(7(3)4)8(11(14)15)5-9(12)13/h6-7H,5H2,1-4H3,(H,12,13)(H,14,15). The Bertz CT molecular complexity index is 277. The Kier molecular flexibility index (Phi) is 5.05. The summed E-state index contributed by atoms with van der Waals surface area (Å²) in [6.45, 7) is 7.50. The maximum Gasteiger partial charge on any atom is 0.332 e. The van der Waals surface area contributed by atoms with E-state index in [2.05, 4.69) is 0 Å². The van der Waals surface area contributed by atoms with Crippen LogP contribution in [0.25, 0.3) is 0 Å². The van der Waals surface area contributed by atoms with Gasteiger partial charge >= 0.3 is 11.9 Å². The quantitative estimate of drug-likeness (QED) is 0.688. The average Bonchev–Trinajstić information content (AvgIpc) is 2.00. The SMILES string of the molecule is CC(C)C(=C(CC(=O)O)C(=O)O)C(C)C. The van der Waals surface area contributed by atoms with Crippen LogP contribution < -0.4 is 0 Å². The molecule has 0 aliphatic carbocycles. The number of carbonyl (C=O) groups is 2. The van der Waals surface area contributed by atoms with Crippen LogP contribution in [-0.4, -0.2) is 22.2 Å². The number of rotatable bonds is 5. The molecule has 4 nitrogen and oxygen atoms in total. The molecular formula is C11H18O4. The fourth-order valence-corrected chi connectivity index (χ4v) is 1.82. The molecule has 0 spiro atoms. The zero-order chi connectivity index (χ0) is 12.2. The van der Waals surface area contributed by atoms with E-state index in [4.69, 9.17) is 10.2 Å². The van der Waals surface area contributed by atoms with Crippen molar-refractivity contribution in [3.8, 4) is 0 Å². The number of hydrogen-bond donors (Lipinski definition) is 2. The molecule has 0 saturated carbocycles. The molecule has 0 atom stereocenters. The highest BCUT2D eigenvalue weighted by Crippen LogP contribution is 2.25. The van der Waals surface area contributed by atoms with Crippen molar-refractivity contribution in [3.63, 3.8) is 0 Å². The van der Waals surface area contributed by atoms with E-state index in [-0.39, 0.29) is 17.4 Å². The molecule has 0 rings (SSSR count). The van der Waals surface area contributed by atoms with E-state index in [1.54, 1.807) is 0 Å². The molecule has 0 heterocycles. The van der Waals surface area contributed by atoms with Crippen molar-refractivity contribution in [2.45, 2.75) is 34.1 Å². The fraction of sp³-hybridized carbons (Fsp3) is 0.636. The molecule has 4 heteroatoms. The van der Waals surface area contributed by atoms with E-state index in [1.165, 1.54) is 0 Å². The first-order valence-electron chi connectivity index (χ1n) is 4.95. The predicted molar refractivity (Wildman–Crippen MR) is 56.6 cm³/mol. The molecule has 0 aromatic heterocycles. The second-order valence-corrected chi connectivity index (χ2v) is 4.12. The van der Waals surface area contributed by atoms with Crippen molar-refractivity contribution >= 4 is 11.9 Å². The number of allylic oxidation sites excluding steroid dienone is 1. The van der Waals surface area contributed by atoms with Crippen molar-refractivity contribution in [1.29, 1.82) is 0 Å². The van der Waals surface area contributed by atoms with Crippen LogP contribution in [0.4, 0.5) is 0 Å². The molecule has 86 valence electrons. The van der Waals surface area contributed by atoms with Gasteiger partial charge < -0.3 is 10.2 Å². The summed E-state index contributed by atoms with van der Waals surface area (Å²) in [5.41, 5.74) is 0.734. The van der Waals surface area contributed by atoms with Crippen molar-refractivity contribution in [2.75, 3.05) is 0 Å². The lowest BCUT2D eigenvalue weighted by Crippen LogP contribution is -2.15. The van der Waals surface area contributed by atoms with Gasteiger partial charge in [0.15, 0.2) is 0 Å². The molecule has 0 radical (unpaired) electrons. The topological polar surface area (TPSA) is 74.6 Å². The van der Waals surface area contributed by atoms with Gasteiger partial charge in [-0.05, 0) is 11.8 Å². The van der Waals surface area contributed by atoms with Crippen LogP contribution in [0.3, 0.4) is 0 Å². The second kappa shape index (κ2) is 5.53. The van der Waals surface area contributed by atoms with Crippen LogP contribution in [0, 0.1) is 11.8 Å². The minimum absolute atomic E-state index is 0.0208. The lowest BCUT2D eigenvalue weighted by atomic mass is 9.87. The number of carboxylic acids is 2. The monoisotopic (exact) mass is 214 g/mol. The first-order valence-corrected chi connectivity index (χ1v) is 4.95. The van der Waals surface area contributed by atoms with E-state index >= 15 is 0 Å². The van der Waals surface area contributed by atoms with E-state index in [0.717, 1.165) is 0 Å². The van der Waals surface area contributed by atoms with Crippen LogP contribution >= 0.6 is 0 Å². The normalized spacial score (nSPS) is 10.5. The van der Waals surface area contributed by atoms with Crippen LogP contribution in [-0.2, 0) is 9.59 Å². The third-order valence-electron chi connectivity index (χ3n) is 2.18. The third-order valence-corrected chi connectivity index (χ3v) is 2.18. The molecule has 0 amide bonds. The van der Waals surface area contributed by atoms with Crippen LogP contribution in [0.1, 0.15) is 34.1 Å². The van der Waals surface area contributed by atoms with Gasteiger partial charge in [-0.1, -0.05) is 33.3 Å². The molecule has 0 unspecified atom stereocenters. The van der Waals surface area contributed by atoms with Gasteiger partial charge in [-0.3, -0.25) is 4.79 Å². The Hall–Kier alpha value is -1.32. The Balaban J connectivity index is 5.35. The van der Waals surface area contributed by atoms with Gasteiger partial charge in [0.2, 0.25) is 0 Å². The lowest BCUT2D eigenvalue weighted by molar-refractivity contribution is -0.139. The fourth-order valence-electron chi connectivity index (χ4n) is 1.82. The molecule has 2 N–H and O–H groups in total. The summed E-state index contributed by atoms with van der Waals surface area (Å²) in [6.07, 6.45) is -0.416. The zero-order valence-corrected chi connectivity index (χ0v) is 9.57. The largest absolute Gasteiger partial charge is 0.481 e. The second-order valence-electron chi connectivity index (χ2n) is 4.12. The van der Waals surface area contributed by atoms with Crippen molar-refractivity contribution < 1.29 is 19.8 Å². The number of carboxylic acid groups (broad SMARTS) is 2. The van der Waals surface area contributed by atoms with Crippen LogP contribution in [0.15, 0.2) is 11.1 Å². The summed E-state index contributed by atoms with van der Waals surface area (Å²) in [5, 5.41) is 17.6. The van der Waals surface area contributed by atoms with Gasteiger partial charge in [0, 0.05) is 5.57 Å². The Morgan fingerprint density at radius 2 is 1.40 bits per heavy atom. The van der Waals surface area contributed by atoms with Gasteiger partial charge in [0.25, 0.3) is 0 Å². The van der Waals surface area contributed by atoms with Gasteiger partial charge in [0.1, 0.15) is 0 Å². The molecule has 0 aromatic carbocycles. The first-order chi connectivity index (χ1) is 6.77. The van der Waals surface area contributed by atoms with E-state index in [9.17, 15) is 9.59 Å². The summed E-state index contributed by atoms with van der Waals surface area (Å²) >= 11 is 0. The first kappa shape index (κ1) is 13.7. The lowest BCUT2D eigenvalue weighted by Gasteiger charge is -2.18. The van der Waals surface area contributed by atoms with Gasteiger partial charge in [0.05, 0.1) is 6.42 Å². The maximum absolute atomic E-state index is 11.0. The molecule has 0 aliphatic heterocycles. The summed E-state index contributed by atoms with van der Waals surface area (Å²) < 4.78 is 0. The summed E-state index contributed by atoms with van der Waals surface area (Å²) in [6, 6.07) is 0. The summed E-state index contributed by atoms with van der Waals surface area (Å²) in [5.74, 6) is -2.13. The average molecular weight is 214 g/mol. The molecule has 0 aromatic rings. The van der Waals surface area contributed by atoms with Crippen molar-refractivity contribution in [2.24, 2.45) is 11.8 Å². The Labute approximate surface area is 89.6 Å². The van der Waals surface area contributed by atoms with Crippen LogP contribution in [0.5, 0.6) is 0 Å². The maximum atomic E-state index is 11.0. The number of hydrogen-bond acceptors (Lipinski definition) is 2. The molecular weight excluding hydrogens is 196 g/mol. The highest BCUT2D eigenvalue weighted by molar-refractivity contribution is 5.93. The Morgan fingerprint density at radius 3 is 1.60 bits per heavy atom. The van der Waals surface area contributed by atoms with Gasteiger partial charge in [-0.2, -0.15) is 0 Å². The van der Waals surface area contributed by atoms with E-state index < -0.39 is 18.4 Å². The van der Waals surface area contributed by atoms with E-state index in [1.807, 2.05) is 27.7 Å². The smallest absolute Gasteiger partial charge is 0.332 e. The number of aliphatic carboxylic acids is 2. The van der Waals surface area contributed by atoms with Crippen LogP contribution in [0.2, 0.25) is 0 Å². The zero-order valence-electron chi connectivity index (χ0n) is 9.57. The highest BCUT2D eigenvalue weighted by Gasteiger charge is 2.21. The molecule has 0 bridgehead atoms. The minimum atomic E-state index is -1.13. The molecule has 0 aliphatic rings. The molecule has 0 saturated heterocycles. The van der Waals surface area contributed by atoms with Gasteiger partial charge in [-0.25, -0.2) is 4.79 Å². The summed E-state index contributed by atoms with van der Waals surface area (Å²) in [4.78, 5) is 21.5. The Morgan fingerprint density at radius 1 is 1.00 bits per heavy atom. The van der Waals surface area contributed by atoms with Crippen molar-refractivity contribution in [1.82, 2.24) is 0 Å². The molecule has 15 heavy (non-hydrogen) atoms. The molecule has 0 fully saturated rings. The highest BCUT2D eigenvalue weighted by atomic mass is 16.4. The van der Waals surface area contributed by atoms with E-state index in [0.29, 0.717) is 5.57 Å². The third kappa shape index (κ3) is 4.14. The van der Waals surface area contributed by atoms with Crippen molar-refractivity contribution in [3.05, 3.63) is 11.1 Å². The van der Waals surface area contributed by atoms with Gasteiger partial charge in [-0.15, -0.1) is 0 Å².